The van der Waals surface area contributed by atoms with Crippen LogP contribution in [0.15, 0.2) is 47.1 Å². The van der Waals surface area contributed by atoms with Gasteiger partial charge in [-0.2, -0.15) is 0 Å². The molecule has 0 atom stereocenters. The van der Waals surface area contributed by atoms with E-state index in [0.29, 0.717) is 12.3 Å². The number of furan rings is 1. The van der Waals surface area contributed by atoms with Crippen molar-refractivity contribution >= 4 is 28.3 Å². The van der Waals surface area contributed by atoms with Crippen molar-refractivity contribution in [3.8, 4) is 0 Å². The molecule has 1 amide bonds. The molecule has 2 aromatic carbocycles. The number of aryl methyl sites for hydroxylation is 1. The second-order valence-electron chi connectivity index (χ2n) is 7.56. The summed E-state index contributed by atoms with van der Waals surface area (Å²) in [6.45, 7) is 12.7. The summed E-state index contributed by atoms with van der Waals surface area (Å²) in [7, 11) is 0. The van der Waals surface area contributed by atoms with E-state index < -0.39 is 0 Å². The van der Waals surface area contributed by atoms with Crippen molar-refractivity contribution in [2.75, 3.05) is 23.3 Å². The van der Waals surface area contributed by atoms with Gasteiger partial charge in [0.25, 0.3) is 0 Å². The Morgan fingerprint density at radius 1 is 1.11 bits per heavy atom. The van der Waals surface area contributed by atoms with Crippen LogP contribution in [0.2, 0.25) is 0 Å². The largest absolute Gasteiger partial charge is 0.464 e. The summed E-state index contributed by atoms with van der Waals surface area (Å²) in [5, 5.41) is 4.03. The van der Waals surface area contributed by atoms with Gasteiger partial charge in [0.1, 0.15) is 5.58 Å². The molecule has 28 heavy (non-hydrogen) atoms. The van der Waals surface area contributed by atoms with Crippen molar-refractivity contribution in [2.45, 2.75) is 47.0 Å². The van der Waals surface area contributed by atoms with E-state index in [1.54, 1.807) is 6.26 Å². The molecule has 0 bridgehead atoms. The van der Waals surface area contributed by atoms with E-state index in [-0.39, 0.29) is 5.91 Å². The van der Waals surface area contributed by atoms with Gasteiger partial charge in [0.15, 0.2) is 0 Å². The molecular formula is C24H30N2O2. The molecule has 0 aliphatic carbocycles. The number of nitrogens with zero attached hydrogens (tertiary/aromatic N) is 1. The molecule has 0 aliphatic rings. The molecule has 0 unspecified atom stereocenters. The average molecular weight is 379 g/mol. The Balaban J connectivity index is 1.74. The van der Waals surface area contributed by atoms with Crippen LogP contribution in [0.1, 0.15) is 50.3 Å². The third kappa shape index (κ3) is 4.22. The van der Waals surface area contributed by atoms with Crippen LogP contribution in [0.5, 0.6) is 0 Å². The molecule has 0 spiro atoms. The molecule has 0 saturated carbocycles. The Hall–Kier alpha value is -2.75. The Kier molecular flexibility index (Phi) is 6.08. The highest BCUT2D eigenvalue weighted by molar-refractivity contribution is 5.95. The number of amides is 1. The molecule has 3 rings (SSSR count). The van der Waals surface area contributed by atoms with Gasteiger partial charge in [0.2, 0.25) is 5.91 Å². The first-order chi connectivity index (χ1) is 13.4. The molecule has 148 valence electrons. The number of hydrogen-bond donors (Lipinski definition) is 1. The first-order valence-corrected chi connectivity index (χ1v) is 10.1. The third-order valence-corrected chi connectivity index (χ3v) is 5.30. The molecule has 0 radical (unpaired) electrons. The number of hydrogen-bond acceptors (Lipinski definition) is 3. The number of carbonyl (C=O) groups excluding carboxylic acids is 1. The molecule has 3 aromatic rings. The topological polar surface area (TPSA) is 45.5 Å². The fraction of sp³-hybridized carbons (Fsp3) is 0.375. The van der Waals surface area contributed by atoms with E-state index in [9.17, 15) is 4.79 Å². The standard InChI is InChI=1S/C24H30N2O2/c1-6-26(7-2)20-10-8-19(9-11-20)25-24(27)13-18-15-28-23-12-17(5)21(16(3)4)14-22(18)23/h8-12,14-16H,6-7,13H2,1-5H3,(H,25,27). The van der Waals surface area contributed by atoms with Crippen LogP contribution in [0, 0.1) is 6.92 Å². The summed E-state index contributed by atoms with van der Waals surface area (Å²) >= 11 is 0. The van der Waals surface area contributed by atoms with Gasteiger partial charge in [0, 0.05) is 35.4 Å². The van der Waals surface area contributed by atoms with Crippen LogP contribution < -0.4 is 10.2 Å². The molecular weight excluding hydrogens is 348 g/mol. The number of benzene rings is 2. The second-order valence-corrected chi connectivity index (χ2v) is 7.56. The van der Waals surface area contributed by atoms with Crippen molar-refractivity contribution in [2.24, 2.45) is 0 Å². The summed E-state index contributed by atoms with van der Waals surface area (Å²) in [6.07, 6.45) is 2.00. The maximum absolute atomic E-state index is 12.6. The molecule has 0 fully saturated rings. The number of rotatable bonds is 7. The van der Waals surface area contributed by atoms with Crippen LogP contribution in [0.4, 0.5) is 11.4 Å². The van der Waals surface area contributed by atoms with Crippen LogP contribution in [-0.4, -0.2) is 19.0 Å². The predicted octanol–water partition coefficient (Wildman–Crippen LogP) is 5.89. The van der Waals surface area contributed by atoms with E-state index in [1.165, 1.54) is 16.8 Å². The predicted molar refractivity (Wildman–Crippen MR) is 117 cm³/mol. The zero-order chi connectivity index (χ0) is 20.3. The van der Waals surface area contributed by atoms with Gasteiger partial charge in [-0.15, -0.1) is 0 Å². The van der Waals surface area contributed by atoms with Gasteiger partial charge in [-0.1, -0.05) is 13.8 Å². The summed E-state index contributed by atoms with van der Waals surface area (Å²) in [4.78, 5) is 14.9. The van der Waals surface area contributed by atoms with E-state index in [4.69, 9.17) is 4.42 Å². The van der Waals surface area contributed by atoms with E-state index in [1.807, 2.05) is 24.3 Å². The minimum Gasteiger partial charge on any atom is -0.464 e. The van der Waals surface area contributed by atoms with Crippen LogP contribution in [-0.2, 0) is 11.2 Å². The van der Waals surface area contributed by atoms with Gasteiger partial charge < -0.3 is 14.6 Å². The van der Waals surface area contributed by atoms with Crippen molar-refractivity contribution in [1.82, 2.24) is 0 Å². The number of fused-ring (bicyclic) bond motifs is 1. The molecule has 1 aromatic heterocycles. The van der Waals surface area contributed by atoms with Gasteiger partial charge >= 0.3 is 0 Å². The zero-order valence-corrected chi connectivity index (χ0v) is 17.5. The van der Waals surface area contributed by atoms with Crippen LogP contribution in [0.25, 0.3) is 11.0 Å². The smallest absolute Gasteiger partial charge is 0.228 e. The molecule has 1 heterocycles. The lowest BCUT2D eigenvalue weighted by Crippen LogP contribution is -2.21. The highest BCUT2D eigenvalue weighted by Crippen LogP contribution is 2.29. The van der Waals surface area contributed by atoms with E-state index in [0.717, 1.165) is 35.3 Å². The van der Waals surface area contributed by atoms with Crippen molar-refractivity contribution in [1.29, 1.82) is 0 Å². The van der Waals surface area contributed by atoms with Gasteiger partial charge in [-0.3, -0.25) is 4.79 Å². The lowest BCUT2D eigenvalue weighted by molar-refractivity contribution is -0.115. The number of anilines is 2. The summed E-state index contributed by atoms with van der Waals surface area (Å²) in [5.41, 5.74) is 6.26. The monoisotopic (exact) mass is 378 g/mol. The minimum atomic E-state index is -0.0371. The Labute approximate surface area is 167 Å². The minimum absolute atomic E-state index is 0.0371. The van der Waals surface area contributed by atoms with Crippen LogP contribution in [0.3, 0.4) is 0 Å². The molecule has 4 heteroatoms. The number of nitrogens with one attached hydrogen (secondary N) is 1. The SMILES string of the molecule is CCN(CC)c1ccc(NC(=O)Cc2coc3cc(C)c(C(C)C)cc23)cc1. The summed E-state index contributed by atoms with van der Waals surface area (Å²) in [6, 6.07) is 12.2. The normalized spacial score (nSPS) is 11.2. The maximum atomic E-state index is 12.6. The lowest BCUT2D eigenvalue weighted by atomic mass is 9.95. The highest BCUT2D eigenvalue weighted by atomic mass is 16.3. The summed E-state index contributed by atoms with van der Waals surface area (Å²) in [5.74, 6) is 0.398. The van der Waals surface area contributed by atoms with Crippen LogP contribution >= 0.6 is 0 Å². The summed E-state index contributed by atoms with van der Waals surface area (Å²) < 4.78 is 5.70. The van der Waals surface area contributed by atoms with Gasteiger partial charge in [0.05, 0.1) is 12.7 Å². The second kappa shape index (κ2) is 8.51. The van der Waals surface area contributed by atoms with Crippen molar-refractivity contribution < 1.29 is 9.21 Å². The first kappa shape index (κ1) is 20.0. The molecule has 4 nitrogen and oxygen atoms in total. The number of carbonyl (C=O) groups is 1. The average Bonchev–Trinajstić information content (AvgIpc) is 3.04. The molecule has 0 aliphatic heterocycles. The Morgan fingerprint density at radius 3 is 2.39 bits per heavy atom. The fourth-order valence-corrected chi connectivity index (χ4v) is 3.73. The quantitative estimate of drug-likeness (QED) is 0.557. The van der Waals surface area contributed by atoms with Gasteiger partial charge in [-0.25, -0.2) is 0 Å². The highest BCUT2D eigenvalue weighted by Gasteiger charge is 2.14. The van der Waals surface area contributed by atoms with Crippen molar-refractivity contribution in [3.05, 3.63) is 59.4 Å². The fourth-order valence-electron chi connectivity index (χ4n) is 3.73. The van der Waals surface area contributed by atoms with Crippen molar-refractivity contribution in [3.63, 3.8) is 0 Å². The Bertz CT molecular complexity index is 951. The molecule has 0 saturated heterocycles. The molecule has 1 N–H and O–H groups in total. The zero-order valence-electron chi connectivity index (χ0n) is 17.5. The third-order valence-electron chi connectivity index (χ3n) is 5.30. The first-order valence-electron chi connectivity index (χ1n) is 10.1. The van der Waals surface area contributed by atoms with E-state index in [2.05, 4.69) is 57.0 Å². The van der Waals surface area contributed by atoms with Gasteiger partial charge in [-0.05, 0) is 74.2 Å². The van der Waals surface area contributed by atoms with E-state index >= 15 is 0 Å². The Morgan fingerprint density at radius 2 is 1.79 bits per heavy atom. The lowest BCUT2D eigenvalue weighted by Gasteiger charge is -2.21. The maximum Gasteiger partial charge on any atom is 0.228 e.